The first-order valence-electron chi connectivity index (χ1n) is 13.8. The maximum absolute atomic E-state index is 14.3. The standard InChI is InChI=1S/C31H30F3N5O4/c1-18-15-37(25(16-40)27-23-7-5-4-6-21(23)17-43-27)12-13-38(18)30(41)24-14-35-39-28(31(32,33)34)19(2)26(36-29(24)39)20-8-10-22(42-3)11-9-20/h4-11,14,17-18,25,40H,12-13,15-16H2,1-3H3/t18-,25+/m1/s1. The molecule has 1 N–H and O–H groups in total. The summed E-state index contributed by atoms with van der Waals surface area (Å²) >= 11 is 0. The fourth-order valence-corrected chi connectivity index (χ4v) is 5.95. The summed E-state index contributed by atoms with van der Waals surface area (Å²) in [5, 5.41) is 16.1. The van der Waals surface area contributed by atoms with Crippen LogP contribution in [0.1, 0.15) is 40.3 Å². The van der Waals surface area contributed by atoms with Crippen LogP contribution in [0, 0.1) is 6.92 Å². The zero-order valence-electron chi connectivity index (χ0n) is 23.8. The molecule has 1 saturated heterocycles. The minimum absolute atomic E-state index is 0.0173. The number of aliphatic hydroxyl groups excluding tert-OH is 1. The van der Waals surface area contributed by atoms with Crippen molar-refractivity contribution in [3.05, 3.63) is 83.6 Å². The molecule has 1 aliphatic heterocycles. The molecule has 0 spiro atoms. The average molecular weight is 594 g/mol. The van der Waals surface area contributed by atoms with Crippen molar-refractivity contribution >= 4 is 22.3 Å². The number of carbonyl (C=O) groups excluding carboxylic acids is 1. The number of alkyl halides is 3. The van der Waals surface area contributed by atoms with Gasteiger partial charge in [-0.3, -0.25) is 9.69 Å². The number of benzene rings is 2. The second-order valence-corrected chi connectivity index (χ2v) is 10.7. The van der Waals surface area contributed by atoms with Crippen molar-refractivity contribution in [1.82, 2.24) is 24.4 Å². The molecule has 224 valence electrons. The summed E-state index contributed by atoms with van der Waals surface area (Å²) in [6, 6.07) is 13.5. The number of ether oxygens (including phenoxy) is 1. The highest BCUT2D eigenvalue weighted by Gasteiger charge is 2.40. The first-order valence-corrected chi connectivity index (χ1v) is 13.8. The van der Waals surface area contributed by atoms with E-state index in [1.165, 1.54) is 14.0 Å². The highest BCUT2D eigenvalue weighted by atomic mass is 19.4. The molecule has 5 aromatic rings. The number of amides is 1. The van der Waals surface area contributed by atoms with Gasteiger partial charge in [-0.15, -0.1) is 0 Å². The monoisotopic (exact) mass is 593 g/mol. The summed E-state index contributed by atoms with van der Waals surface area (Å²) in [5.74, 6) is 0.741. The first-order chi connectivity index (χ1) is 20.6. The van der Waals surface area contributed by atoms with Gasteiger partial charge in [0.15, 0.2) is 11.3 Å². The van der Waals surface area contributed by atoms with E-state index in [0.717, 1.165) is 17.0 Å². The van der Waals surface area contributed by atoms with Crippen molar-refractivity contribution in [1.29, 1.82) is 0 Å². The topological polar surface area (TPSA) is 96.3 Å². The summed E-state index contributed by atoms with van der Waals surface area (Å²) in [4.78, 5) is 22.1. The minimum atomic E-state index is -4.74. The van der Waals surface area contributed by atoms with E-state index in [1.807, 2.05) is 31.2 Å². The Hall–Kier alpha value is -4.42. The number of methoxy groups -OCH3 is 1. The number of nitrogens with zero attached hydrogens (tertiary/aromatic N) is 5. The van der Waals surface area contributed by atoms with E-state index in [0.29, 0.717) is 34.7 Å². The Kier molecular flexibility index (Phi) is 7.35. The van der Waals surface area contributed by atoms with Gasteiger partial charge in [-0.05, 0) is 38.1 Å². The largest absolute Gasteiger partial charge is 0.497 e. The third-order valence-corrected chi connectivity index (χ3v) is 8.12. The Balaban J connectivity index is 1.32. The van der Waals surface area contributed by atoms with Crippen LogP contribution in [0.4, 0.5) is 13.2 Å². The predicted molar refractivity (Wildman–Crippen MR) is 153 cm³/mol. The molecular formula is C31H30F3N5O4. The molecule has 0 unspecified atom stereocenters. The fourth-order valence-electron chi connectivity index (χ4n) is 5.95. The fraction of sp³-hybridized carbons (Fsp3) is 0.323. The number of aliphatic hydroxyl groups is 1. The molecule has 12 heteroatoms. The van der Waals surface area contributed by atoms with Crippen molar-refractivity contribution in [2.24, 2.45) is 0 Å². The Morgan fingerprint density at radius 2 is 1.91 bits per heavy atom. The third kappa shape index (κ3) is 5.00. The van der Waals surface area contributed by atoms with Crippen LogP contribution in [0.5, 0.6) is 5.75 Å². The Labute approximate surface area is 245 Å². The molecule has 1 fully saturated rings. The van der Waals surface area contributed by atoms with Gasteiger partial charge in [0.2, 0.25) is 0 Å². The molecule has 0 radical (unpaired) electrons. The lowest BCUT2D eigenvalue weighted by Crippen LogP contribution is -2.55. The molecule has 3 aromatic heterocycles. The maximum atomic E-state index is 14.3. The lowest BCUT2D eigenvalue weighted by molar-refractivity contribution is -0.143. The molecule has 2 aromatic carbocycles. The number of rotatable bonds is 6. The number of carbonyl (C=O) groups is 1. The van der Waals surface area contributed by atoms with E-state index in [2.05, 4.69) is 15.0 Å². The first kappa shape index (κ1) is 28.7. The predicted octanol–water partition coefficient (Wildman–Crippen LogP) is 5.36. The van der Waals surface area contributed by atoms with Crippen molar-refractivity contribution in [3.63, 3.8) is 0 Å². The van der Waals surface area contributed by atoms with E-state index in [-0.39, 0.29) is 41.7 Å². The number of hydrogen-bond acceptors (Lipinski definition) is 7. The molecule has 4 heterocycles. The number of hydrogen-bond donors (Lipinski definition) is 1. The lowest BCUT2D eigenvalue weighted by atomic mass is 10.0. The van der Waals surface area contributed by atoms with Crippen LogP contribution in [0.25, 0.3) is 27.7 Å². The SMILES string of the molecule is COc1ccc(-c2nc3c(C(=O)N4CCN([C@@H](CO)c5occ6ccccc56)C[C@H]4C)cnn3c(C(F)(F)F)c2C)cc1. The van der Waals surface area contributed by atoms with Gasteiger partial charge in [0.1, 0.15) is 17.1 Å². The van der Waals surface area contributed by atoms with Crippen molar-refractivity contribution in [2.45, 2.75) is 32.1 Å². The van der Waals surface area contributed by atoms with Gasteiger partial charge in [-0.2, -0.15) is 18.3 Å². The van der Waals surface area contributed by atoms with Gasteiger partial charge in [-0.1, -0.05) is 24.3 Å². The Bertz CT molecular complexity index is 1800. The lowest BCUT2D eigenvalue weighted by Gasteiger charge is -2.42. The molecule has 1 aliphatic rings. The highest BCUT2D eigenvalue weighted by Crippen LogP contribution is 2.37. The molecule has 0 aliphatic carbocycles. The van der Waals surface area contributed by atoms with Crippen molar-refractivity contribution < 1.29 is 32.2 Å². The van der Waals surface area contributed by atoms with Gasteiger partial charge in [0.25, 0.3) is 5.91 Å². The molecule has 0 bridgehead atoms. The van der Waals surface area contributed by atoms with E-state index < -0.39 is 23.8 Å². The van der Waals surface area contributed by atoms with Crippen LogP contribution in [-0.2, 0) is 6.18 Å². The van der Waals surface area contributed by atoms with E-state index in [1.54, 1.807) is 35.4 Å². The zero-order valence-corrected chi connectivity index (χ0v) is 23.8. The molecule has 43 heavy (non-hydrogen) atoms. The van der Waals surface area contributed by atoms with Crippen LogP contribution in [0.2, 0.25) is 0 Å². The second kappa shape index (κ2) is 11.0. The molecule has 6 rings (SSSR count). The molecule has 9 nitrogen and oxygen atoms in total. The second-order valence-electron chi connectivity index (χ2n) is 10.7. The van der Waals surface area contributed by atoms with Gasteiger partial charge >= 0.3 is 6.18 Å². The number of aromatic nitrogens is 3. The smallest absolute Gasteiger partial charge is 0.433 e. The highest BCUT2D eigenvalue weighted by molar-refractivity contribution is 6.00. The van der Waals surface area contributed by atoms with Crippen LogP contribution < -0.4 is 4.74 Å². The van der Waals surface area contributed by atoms with Gasteiger partial charge in [0, 0.05) is 47.6 Å². The number of piperazine rings is 1. The number of halogens is 3. The summed E-state index contributed by atoms with van der Waals surface area (Å²) in [6.45, 7) is 4.17. The summed E-state index contributed by atoms with van der Waals surface area (Å²) in [6.07, 6.45) is -1.93. The number of furan rings is 1. The van der Waals surface area contributed by atoms with Crippen LogP contribution >= 0.6 is 0 Å². The maximum Gasteiger partial charge on any atom is 0.433 e. The summed E-state index contributed by atoms with van der Waals surface area (Å²) < 4.78 is 54.8. The number of fused-ring (bicyclic) bond motifs is 2. The normalized spacial score (nSPS) is 17.1. The van der Waals surface area contributed by atoms with Gasteiger partial charge in [0.05, 0.1) is 37.9 Å². The molecule has 1 amide bonds. The van der Waals surface area contributed by atoms with Gasteiger partial charge in [-0.25, -0.2) is 9.50 Å². The third-order valence-electron chi connectivity index (χ3n) is 8.12. The average Bonchev–Trinajstić information content (AvgIpc) is 3.61. The summed E-state index contributed by atoms with van der Waals surface area (Å²) in [5.41, 5.74) is -0.721. The Morgan fingerprint density at radius 3 is 2.58 bits per heavy atom. The molecule has 2 atom stereocenters. The quantitative estimate of drug-likeness (QED) is 0.283. The zero-order chi connectivity index (χ0) is 30.5. The van der Waals surface area contributed by atoms with E-state index in [4.69, 9.17) is 9.15 Å². The Morgan fingerprint density at radius 1 is 1.16 bits per heavy atom. The summed E-state index contributed by atoms with van der Waals surface area (Å²) in [7, 11) is 1.50. The van der Waals surface area contributed by atoms with Crippen LogP contribution in [-0.4, -0.2) is 74.8 Å². The molecular weight excluding hydrogens is 563 g/mol. The van der Waals surface area contributed by atoms with Crippen molar-refractivity contribution in [2.75, 3.05) is 33.4 Å². The molecule has 0 saturated carbocycles. The van der Waals surface area contributed by atoms with E-state index in [9.17, 15) is 23.1 Å². The van der Waals surface area contributed by atoms with E-state index >= 15 is 0 Å². The van der Waals surface area contributed by atoms with Crippen LogP contribution in [0.3, 0.4) is 0 Å². The minimum Gasteiger partial charge on any atom is -0.497 e. The van der Waals surface area contributed by atoms with Gasteiger partial charge < -0.3 is 19.2 Å². The van der Waals surface area contributed by atoms with Crippen molar-refractivity contribution in [3.8, 4) is 17.0 Å². The van der Waals surface area contributed by atoms with Crippen LogP contribution in [0.15, 0.2) is 65.4 Å².